The standard InChI is InChI=1S/C25H21ClF3N3O3S.C2H6/c1-35-24(34)16-9-7-15(8-10-16)22(30)17-11-6-14(13-31-36-2)12-20(17)32-23(33)21-18(25(27,28)29)4-3-5-19(21)26;1-2/h3-12,30-31H,13H2,1-2H3,(H,32,33);1-2H3. The molecular formula is C27H27ClF3N3O3S. The Labute approximate surface area is 228 Å². The minimum Gasteiger partial charge on any atom is -0.465 e. The topological polar surface area (TPSA) is 91.3 Å². The van der Waals surface area contributed by atoms with Gasteiger partial charge in [0.2, 0.25) is 0 Å². The lowest BCUT2D eigenvalue weighted by Gasteiger charge is -2.17. The molecule has 38 heavy (non-hydrogen) atoms. The van der Waals surface area contributed by atoms with Crippen LogP contribution in [0.4, 0.5) is 18.9 Å². The van der Waals surface area contributed by atoms with Crippen molar-refractivity contribution in [2.45, 2.75) is 26.6 Å². The number of ether oxygens (including phenoxy) is 1. The molecule has 6 nitrogen and oxygen atoms in total. The van der Waals surface area contributed by atoms with Crippen LogP contribution in [0.1, 0.15) is 56.8 Å². The predicted octanol–water partition coefficient (Wildman–Crippen LogP) is 7.21. The number of anilines is 1. The first-order valence-corrected chi connectivity index (χ1v) is 13.0. The number of hydrogen-bond acceptors (Lipinski definition) is 6. The number of carbonyl (C=O) groups excluding carboxylic acids is 2. The lowest BCUT2D eigenvalue weighted by atomic mass is 9.97. The fraction of sp³-hybridized carbons (Fsp3) is 0.222. The van der Waals surface area contributed by atoms with Gasteiger partial charge in [0, 0.05) is 17.7 Å². The normalized spacial score (nSPS) is 10.7. The minimum atomic E-state index is -4.79. The van der Waals surface area contributed by atoms with Gasteiger partial charge in [-0.15, -0.1) is 0 Å². The third-order valence-electron chi connectivity index (χ3n) is 5.16. The smallest absolute Gasteiger partial charge is 0.417 e. The fourth-order valence-electron chi connectivity index (χ4n) is 3.40. The van der Waals surface area contributed by atoms with Crippen LogP contribution in [0, 0.1) is 5.41 Å². The van der Waals surface area contributed by atoms with Crippen LogP contribution < -0.4 is 10.0 Å². The summed E-state index contributed by atoms with van der Waals surface area (Å²) in [6.45, 7) is 4.41. The molecule has 3 aromatic carbocycles. The average Bonchev–Trinajstić information content (AvgIpc) is 2.91. The summed E-state index contributed by atoms with van der Waals surface area (Å²) in [4.78, 5) is 24.8. The van der Waals surface area contributed by atoms with E-state index in [0.717, 1.165) is 17.7 Å². The number of halogens is 4. The van der Waals surface area contributed by atoms with E-state index in [4.69, 9.17) is 17.0 Å². The van der Waals surface area contributed by atoms with Crippen molar-refractivity contribution in [1.29, 1.82) is 5.41 Å². The van der Waals surface area contributed by atoms with Gasteiger partial charge in [0.1, 0.15) is 0 Å². The first kappa shape index (κ1) is 30.9. The van der Waals surface area contributed by atoms with Gasteiger partial charge in [-0.25, -0.2) is 4.79 Å². The third-order valence-corrected chi connectivity index (χ3v) is 5.91. The highest BCUT2D eigenvalue weighted by atomic mass is 35.5. The van der Waals surface area contributed by atoms with E-state index >= 15 is 0 Å². The maximum Gasteiger partial charge on any atom is 0.417 e. The van der Waals surface area contributed by atoms with Gasteiger partial charge in [-0.2, -0.15) is 13.2 Å². The maximum absolute atomic E-state index is 13.6. The Morgan fingerprint density at radius 3 is 2.24 bits per heavy atom. The van der Waals surface area contributed by atoms with E-state index in [1.165, 1.54) is 37.3 Å². The first-order valence-electron chi connectivity index (χ1n) is 11.4. The molecule has 0 saturated carbocycles. The Morgan fingerprint density at radius 2 is 1.66 bits per heavy atom. The number of nitrogens with one attached hydrogen (secondary N) is 3. The number of alkyl halides is 3. The highest BCUT2D eigenvalue weighted by molar-refractivity contribution is 7.96. The monoisotopic (exact) mass is 565 g/mol. The molecule has 0 fully saturated rings. The number of esters is 1. The van der Waals surface area contributed by atoms with Gasteiger partial charge in [-0.1, -0.05) is 67.7 Å². The molecule has 1 amide bonds. The molecule has 3 N–H and O–H groups in total. The maximum atomic E-state index is 13.6. The van der Waals surface area contributed by atoms with Crippen molar-refractivity contribution in [1.82, 2.24) is 4.72 Å². The number of carbonyl (C=O) groups is 2. The molecule has 0 aliphatic carbocycles. The number of amides is 1. The average molecular weight is 566 g/mol. The Kier molecular flexibility index (Phi) is 11.4. The van der Waals surface area contributed by atoms with Crippen LogP contribution in [-0.2, 0) is 17.5 Å². The summed E-state index contributed by atoms with van der Waals surface area (Å²) in [5.74, 6) is -1.59. The summed E-state index contributed by atoms with van der Waals surface area (Å²) in [6, 6.07) is 14.1. The van der Waals surface area contributed by atoms with Crippen molar-refractivity contribution in [2.75, 3.05) is 18.7 Å². The summed E-state index contributed by atoms with van der Waals surface area (Å²) in [6.07, 6.45) is -2.96. The van der Waals surface area contributed by atoms with Crippen LogP contribution in [0.5, 0.6) is 0 Å². The van der Waals surface area contributed by atoms with Crippen molar-refractivity contribution in [3.63, 3.8) is 0 Å². The zero-order chi connectivity index (χ0) is 28.5. The Bertz CT molecular complexity index is 1300. The molecule has 0 aromatic heterocycles. The van der Waals surface area contributed by atoms with Crippen LogP contribution in [0.3, 0.4) is 0 Å². The lowest BCUT2D eigenvalue weighted by Crippen LogP contribution is -2.21. The van der Waals surface area contributed by atoms with Crippen molar-refractivity contribution in [3.8, 4) is 0 Å². The van der Waals surface area contributed by atoms with E-state index in [0.29, 0.717) is 17.7 Å². The third kappa shape index (κ3) is 7.59. The van der Waals surface area contributed by atoms with Crippen LogP contribution in [0.15, 0.2) is 60.7 Å². The van der Waals surface area contributed by atoms with Crippen LogP contribution in [-0.4, -0.2) is 31.0 Å². The molecule has 202 valence electrons. The van der Waals surface area contributed by atoms with Gasteiger partial charge in [0.15, 0.2) is 0 Å². The number of rotatable bonds is 8. The van der Waals surface area contributed by atoms with Crippen molar-refractivity contribution in [2.24, 2.45) is 0 Å². The Balaban J connectivity index is 0.00000247. The molecule has 3 rings (SSSR count). The Hall–Kier alpha value is -3.34. The fourth-order valence-corrected chi connectivity index (χ4v) is 3.97. The zero-order valence-corrected chi connectivity index (χ0v) is 22.7. The summed E-state index contributed by atoms with van der Waals surface area (Å²) in [5, 5.41) is 10.8. The van der Waals surface area contributed by atoms with E-state index in [9.17, 15) is 22.8 Å². The molecule has 0 heterocycles. The second kappa shape index (κ2) is 14.0. The number of hydrogen-bond donors (Lipinski definition) is 3. The minimum absolute atomic E-state index is 0.0127. The van der Waals surface area contributed by atoms with Crippen molar-refractivity contribution >= 4 is 46.8 Å². The van der Waals surface area contributed by atoms with Gasteiger partial charge in [-0.3, -0.25) is 14.9 Å². The second-order valence-electron chi connectivity index (χ2n) is 7.46. The van der Waals surface area contributed by atoms with Gasteiger partial charge < -0.3 is 10.1 Å². The van der Waals surface area contributed by atoms with Crippen LogP contribution in [0.2, 0.25) is 5.02 Å². The van der Waals surface area contributed by atoms with Gasteiger partial charge in [0.05, 0.1) is 40.2 Å². The van der Waals surface area contributed by atoms with Gasteiger partial charge >= 0.3 is 12.1 Å². The van der Waals surface area contributed by atoms with Crippen LogP contribution >= 0.6 is 23.5 Å². The number of benzene rings is 3. The summed E-state index contributed by atoms with van der Waals surface area (Å²) >= 11 is 7.37. The van der Waals surface area contributed by atoms with E-state index in [1.807, 2.05) is 20.1 Å². The molecule has 0 bridgehead atoms. The number of methoxy groups -OCH3 is 1. The lowest BCUT2D eigenvalue weighted by molar-refractivity contribution is -0.137. The quantitative estimate of drug-likeness (QED) is 0.152. The van der Waals surface area contributed by atoms with E-state index in [1.54, 1.807) is 30.3 Å². The Morgan fingerprint density at radius 1 is 1.03 bits per heavy atom. The van der Waals surface area contributed by atoms with Gasteiger partial charge in [-0.05, 0) is 42.2 Å². The summed E-state index contributed by atoms with van der Waals surface area (Å²) in [5.41, 5.74) is -0.0461. The predicted molar refractivity (Wildman–Crippen MR) is 146 cm³/mol. The van der Waals surface area contributed by atoms with Crippen LogP contribution in [0.25, 0.3) is 0 Å². The molecule has 0 spiro atoms. The molecule has 0 radical (unpaired) electrons. The second-order valence-corrected chi connectivity index (χ2v) is 8.57. The zero-order valence-electron chi connectivity index (χ0n) is 21.1. The van der Waals surface area contributed by atoms with Crippen molar-refractivity contribution in [3.05, 3.63) is 99.1 Å². The first-order chi connectivity index (χ1) is 18.1. The highest BCUT2D eigenvalue weighted by Gasteiger charge is 2.36. The van der Waals surface area contributed by atoms with Crippen molar-refractivity contribution < 1.29 is 27.5 Å². The van der Waals surface area contributed by atoms with E-state index in [-0.39, 0.29) is 22.0 Å². The molecular weight excluding hydrogens is 539 g/mol. The molecule has 0 atom stereocenters. The summed E-state index contributed by atoms with van der Waals surface area (Å²) in [7, 11) is 1.25. The largest absolute Gasteiger partial charge is 0.465 e. The molecule has 3 aromatic rings. The molecule has 0 saturated heterocycles. The summed E-state index contributed by atoms with van der Waals surface area (Å²) < 4.78 is 48.4. The molecule has 11 heteroatoms. The van der Waals surface area contributed by atoms with E-state index < -0.39 is 29.2 Å². The SMILES string of the molecule is CC.COC(=O)c1ccc(C(=N)c2ccc(CNSC)cc2NC(=O)c2c(Cl)cccc2C(F)(F)F)cc1. The molecule has 0 aliphatic rings. The molecule has 0 aliphatic heterocycles. The van der Waals surface area contributed by atoms with Gasteiger partial charge in [0.25, 0.3) is 5.91 Å². The highest BCUT2D eigenvalue weighted by Crippen LogP contribution is 2.35. The molecule has 0 unspecified atom stereocenters. The van der Waals surface area contributed by atoms with E-state index in [2.05, 4.69) is 14.8 Å².